The van der Waals surface area contributed by atoms with Gasteiger partial charge in [-0.3, -0.25) is 9.59 Å². The smallest absolute Gasteiger partial charge is 0.228 e. The molecule has 1 atom stereocenters. The molecule has 1 saturated carbocycles. The Labute approximate surface area is 155 Å². The van der Waals surface area contributed by atoms with Crippen LogP contribution in [0.5, 0.6) is 11.5 Å². The monoisotopic (exact) mass is 360 g/mol. The molecule has 1 aromatic carbocycles. The molecule has 2 aliphatic rings. The fraction of sp³-hybridized carbons (Fsp3) is 0.600. The summed E-state index contributed by atoms with van der Waals surface area (Å²) in [5.41, 5.74) is 0.692. The van der Waals surface area contributed by atoms with E-state index in [2.05, 4.69) is 6.92 Å². The van der Waals surface area contributed by atoms with Crippen LogP contribution in [0.25, 0.3) is 0 Å². The van der Waals surface area contributed by atoms with Gasteiger partial charge >= 0.3 is 0 Å². The molecule has 1 aliphatic heterocycles. The van der Waals surface area contributed by atoms with E-state index in [0.717, 1.165) is 19.5 Å². The highest BCUT2D eigenvalue weighted by Gasteiger charge is 2.39. The van der Waals surface area contributed by atoms with Crippen molar-refractivity contribution in [3.63, 3.8) is 0 Å². The Balaban J connectivity index is 1.74. The Morgan fingerprint density at radius 3 is 2.65 bits per heavy atom. The van der Waals surface area contributed by atoms with Gasteiger partial charge in [-0.2, -0.15) is 0 Å². The zero-order valence-corrected chi connectivity index (χ0v) is 15.9. The summed E-state index contributed by atoms with van der Waals surface area (Å²) >= 11 is 0. The van der Waals surface area contributed by atoms with Crippen LogP contribution in [0.3, 0.4) is 0 Å². The van der Waals surface area contributed by atoms with Crippen molar-refractivity contribution in [3.05, 3.63) is 18.2 Å². The van der Waals surface area contributed by atoms with Crippen LogP contribution < -0.4 is 14.4 Å². The van der Waals surface area contributed by atoms with Crippen molar-refractivity contribution in [2.24, 2.45) is 11.8 Å². The van der Waals surface area contributed by atoms with Gasteiger partial charge in [0.1, 0.15) is 11.5 Å². The van der Waals surface area contributed by atoms with Gasteiger partial charge in [0.2, 0.25) is 11.8 Å². The molecule has 1 aromatic rings. The summed E-state index contributed by atoms with van der Waals surface area (Å²) in [7, 11) is 3.16. The van der Waals surface area contributed by atoms with Gasteiger partial charge in [0.05, 0.1) is 25.8 Å². The molecule has 0 aromatic heterocycles. The minimum absolute atomic E-state index is 0.0327. The third-order valence-electron chi connectivity index (χ3n) is 5.13. The molecule has 2 fully saturated rings. The van der Waals surface area contributed by atoms with Crippen molar-refractivity contribution in [2.45, 2.75) is 32.6 Å². The summed E-state index contributed by atoms with van der Waals surface area (Å²) in [5.74, 6) is 1.70. The standard InChI is InChI=1S/C20H28N2O4/c1-4-9-21(12-14-5-6-14)20(24)15-10-19(23)22(13-15)17-8-7-16(25-2)11-18(17)26-3/h7-8,11,14-15H,4-6,9-10,12-13H2,1-3H3. The Morgan fingerprint density at radius 2 is 2.04 bits per heavy atom. The lowest BCUT2D eigenvalue weighted by molar-refractivity contribution is -0.136. The van der Waals surface area contributed by atoms with Crippen molar-refractivity contribution in [2.75, 3.05) is 38.8 Å². The van der Waals surface area contributed by atoms with Crippen molar-refractivity contribution >= 4 is 17.5 Å². The predicted molar refractivity (Wildman–Crippen MR) is 99.6 cm³/mol. The lowest BCUT2D eigenvalue weighted by atomic mass is 10.1. The van der Waals surface area contributed by atoms with Crippen molar-refractivity contribution < 1.29 is 19.1 Å². The third kappa shape index (κ3) is 3.94. The normalized spacial score (nSPS) is 19.6. The molecule has 6 heteroatoms. The van der Waals surface area contributed by atoms with Crippen LogP contribution in [0, 0.1) is 11.8 Å². The molecular formula is C20H28N2O4. The first-order valence-corrected chi connectivity index (χ1v) is 9.38. The molecule has 0 radical (unpaired) electrons. The SMILES string of the molecule is CCCN(CC1CC1)C(=O)C1CC(=O)N(c2ccc(OC)cc2OC)C1. The van der Waals surface area contributed by atoms with Crippen LogP contribution >= 0.6 is 0 Å². The molecule has 0 spiro atoms. The highest BCUT2D eigenvalue weighted by molar-refractivity contribution is 6.01. The molecule has 1 aliphatic carbocycles. The van der Waals surface area contributed by atoms with Gasteiger partial charge in [0.15, 0.2) is 0 Å². The fourth-order valence-corrected chi connectivity index (χ4v) is 3.55. The summed E-state index contributed by atoms with van der Waals surface area (Å²) in [4.78, 5) is 29.2. The van der Waals surface area contributed by atoms with E-state index in [1.807, 2.05) is 11.0 Å². The fourth-order valence-electron chi connectivity index (χ4n) is 3.55. The molecule has 0 bridgehead atoms. The predicted octanol–water partition coefficient (Wildman–Crippen LogP) is 2.71. The van der Waals surface area contributed by atoms with Crippen LogP contribution in [0.2, 0.25) is 0 Å². The number of ether oxygens (including phenoxy) is 2. The number of carbonyl (C=O) groups excluding carboxylic acids is 2. The second-order valence-electron chi connectivity index (χ2n) is 7.17. The largest absolute Gasteiger partial charge is 0.497 e. The second-order valence-corrected chi connectivity index (χ2v) is 7.17. The zero-order valence-electron chi connectivity index (χ0n) is 15.9. The van der Waals surface area contributed by atoms with Crippen molar-refractivity contribution in [3.8, 4) is 11.5 Å². The first-order chi connectivity index (χ1) is 12.6. The number of hydrogen-bond donors (Lipinski definition) is 0. The number of amides is 2. The van der Waals surface area contributed by atoms with Gasteiger partial charge in [-0.25, -0.2) is 0 Å². The van der Waals surface area contributed by atoms with E-state index in [9.17, 15) is 9.59 Å². The Morgan fingerprint density at radius 1 is 1.27 bits per heavy atom. The van der Waals surface area contributed by atoms with Crippen molar-refractivity contribution in [1.29, 1.82) is 0 Å². The van der Waals surface area contributed by atoms with Gasteiger partial charge < -0.3 is 19.3 Å². The number of benzene rings is 1. The van der Waals surface area contributed by atoms with E-state index in [-0.39, 0.29) is 24.2 Å². The Kier molecular flexibility index (Phi) is 5.69. The maximum absolute atomic E-state index is 13.0. The van der Waals surface area contributed by atoms with Gasteiger partial charge in [0, 0.05) is 32.1 Å². The van der Waals surface area contributed by atoms with E-state index in [1.54, 1.807) is 31.3 Å². The molecule has 142 valence electrons. The van der Waals surface area contributed by atoms with Crippen LogP contribution in [0.15, 0.2) is 18.2 Å². The summed E-state index contributed by atoms with van der Waals surface area (Å²) in [6.07, 6.45) is 3.63. The minimum Gasteiger partial charge on any atom is -0.497 e. The number of anilines is 1. The molecular weight excluding hydrogens is 332 g/mol. The Hall–Kier alpha value is -2.24. The lowest BCUT2D eigenvalue weighted by Crippen LogP contribution is -2.39. The molecule has 6 nitrogen and oxygen atoms in total. The molecule has 2 amide bonds. The van der Waals surface area contributed by atoms with Gasteiger partial charge in [-0.1, -0.05) is 6.92 Å². The quantitative estimate of drug-likeness (QED) is 0.715. The third-order valence-corrected chi connectivity index (χ3v) is 5.13. The molecule has 1 unspecified atom stereocenters. The number of nitrogens with zero attached hydrogens (tertiary/aromatic N) is 2. The molecule has 1 saturated heterocycles. The van der Waals surface area contributed by atoms with Gasteiger partial charge in [-0.15, -0.1) is 0 Å². The van der Waals surface area contributed by atoms with Crippen LogP contribution in [0.4, 0.5) is 5.69 Å². The van der Waals surface area contributed by atoms with Crippen LogP contribution in [0.1, 0.15) is 32.6 Å². The minimum atomic E-state index is -0.278. The van der Waals surface area contributed by atoms with E-state index >= 15 is 0 Å². The number of hydrogen-bond acceptors (Lipinski definition) is 4. The number of carbonyl (C=O) groups is 2. The summed E-state index contributed by atoms with van der Waals surface area (Å²) in [5, 5.41) is 0. The number of methoxy groups -OCH3 is 2. The molecule has 0 N–H and O–H groups in total. The average Bonchev–Trinajstić information content (AvgIpc) is 3.39. The number of rotatable bonds is 8. The molecule has 26 heavy (non-hydrogen) atoms. The maximum atomic E-state index is 13.0. The summed E-state index contributed by atoms with van der Waals surface area (Å²) in [6, 6.07) is 5.38. The van der Waals surface area contributed by atoms with E-state index in [1.165, 1.54) is 12.8 Å². The van der Waals surface area contributed by atoms with Crippen LogP contribution in [-0.2, 0) is 9.59 Å². The first kappa shape index (κ1) is 18.5. The maximum Gasteiger partial charge on any atom is 0.228 e. The lowest BCUT2D eigenvalue weighted by Gasteiger charge is -2.25. The molecule has 3 rings (SSSR count). The second kappa shape index (κ2) is 7.98. The highest BCUT2D eigenvalue weighted by atomic mass is 16.5. The molecule has 1 heterocycles. The average molecular weight is 360 g/mol. The Bertz CT molecular complexity index is 672. The van der Waals surface area contributed by atoms with E-state index in [4.69, 9.17) is 9.47 Å². The van der Waals surface area contributed by atoms with E-state index in [0.29, 0.717) is 29.6 Å². The first-order valence-electron chi connectivity index (χ1n) is 9.38. The highest BCUT2D eigenvalue weighted by Crippen LogP contribution is 2.36. The zero-order chi connectivity index (χ0) is 18.7. The van der Waals surface area contributed by atoms with Gasteiger partial charge in [-0.05, 0) is 37.3 Å². The van der Waals surface area contributed by atoms with Gasteiger partial charge in [0.25, 0.3) is 0 Å². The van der Waals surface area contributed by atoms with E-state index < -0.39 is 0 Å². The van der Waals surface area contributed by atoms with Crippen LogP contribution in [-0.4, -0.2) is 50.6 Å². The summed E-state index contributed by atoms with van der Waals surface area (Å²) < 4.78 is 10.6. The van der Waals surface area contributed by atoms with Crippen molar-refractivity contribution in [1.82, 2.24) is 4.90 Å². The topological polar surface area (TPSA) is 59.1 Å². The summed E-state index contributed by atoms with van der Waals surface area (Å²) in [6.45, 7) is 4.10.